The van der Waals surface area contributed by atoms with E-state index < -0.39 is 0 Å². The first kappa shape index (κ1) is 14.5. The number of nitrogens with two attached hydrogens (primary N) is 1. The molecule has 0 spiro atoms. The molecule has 0 saturated heterocycles. The number of hydrogen-bond acceptors (Lipinski definition) is 2. The highest BCUT2D eigenvalue weighted by Gasteiger charge is 2.05. The van der Waals surface area contributed by atoms with Crippen LogP contribution in [0.1, 0.15) is 34.6 Å². The van der Waals surface area contributed by atoms with Crippen molar-refractivity contribution in [2.45, 2.75) is 34.6 Å². The standard InChI is InChI=1S/C9H16N2.C2H6/c1-5-11-9(7(2)3)8(4)6-10;1-2/h5-7H,1,10H2,2-4H3;1-2H3/b8-6-,11-9?;. The van der Waals surface area contributed by atoms with Crippen molar-refractivity contribution in [1.82, 2.24) is 0 Å². The Bertz CT molecular complexity index is 188. The Morgan fingerprint density at radius 2 is 1.85 bits per heavy atom. The first-order valence-electron chi connectivity index (χ1n) is 4.71. The first-order chi connectivity index (χ1) is 6.13. The third kappa shape index (κ3) is 6.14. The maximum Gasteiger partial charge on any atom is 0.0472 e. The van der Waals surface area contributed by atoms with Crippen molar-refractivity contribution in [3.05, 3.63) is 24.6 Å². The van der Waals surface area contributed by atoms with Crippen LogP contribution in [0.2, 0.25) is 0 Å². The summed E-state index contributed by atoms with van der Waals surface area (Å²) in [7, 11) is 0. The molecule has 0 amide bonds. The summed E-state index contributed by atoms with van der Waals surface area (Å²) >= 11 is 0. The Morgan fingerprint density at radius 1 is 1.38 bits per heavy atom. The summed E-state index contributed by atoms with van der Waals surface area (Å²) in [6, 6.07) is 0. The van der Waals surface area contributed by atoms with E-state index in [-0.39, 0.29) is 0 Å². The monoisotopic (exact) mass is 182 g/mol. The normalized spacial score (nSPS) is 12.2. The van der Waals surface area contributed by atoms with Crippen molar-refractivity contribution in [1.29, 1.82) is 0 Å². The number of hydrogen-bond donors (Lipinski definition) is 1. The van der Waals surface area contributed by atoms with Crippen molar-refractivity contribution >= 4 is 5.71 Å². The van der Waals surface area contributed by atoms with Gasteiger partial charge in [0.15, 0.2) is 0 Å². The van der Waals surface area contributed by atoms with Gasteiger partial charge in [0.2, 0.25) is 0 Å². The van der Waals surface area contributed by atoms with Gasteiger partial charge in [-0.25, -0.2) is 0 Å². The Hall–Kier alpha value is -1.05. The van der Waals surface area contributed by atoms with Crippen LogP contribution in [0, 0.1) is 5.92 Å². The molecule has 2 N–H and O–H groups in total. The van der Waals surface area contributed by atoms with Gasteiger partial charge in [-0.05, 0) is 24.6 Å². The highest BCUT2D eigenvalue weighted by molar-refractivity contribution is 6.01. The Morgan fingerprint density at radius 3 is 2.08 bits per heavy atom. The highest BCUT2D eigenvalue weighted by atomic mass is 14.7. The lowest BCUT2D eigenvalue weighted by Gasteiger charge is -2.08. The fourth-order valence-electron chi connectivity index (χ4n) is 0.890. The number of aliphatic imine (C=N–C) groups is 1. The Labute approximate surface area is 82.3 Å². The molecule has 0 bridgehead atoms. The van der Waals surface area contributed by atoms with E-state index >= 15 is 0 Å². The maximum absolute atomic E-state index is 5.36. The van der Waals surface area contributed by atoms with Gasteiger partial charge in [0.1, 0.15) is 0 Å². The summed E-state index contributed by atoms with van der Waals surface area (Å²) in [6.07, 6.45) is 3.12. The molecular weight excluding hydrogens is 160 g/mol. The van der Waals surface area contributed by atoms with Crippen LogP contribution in [0.15, 0.2) is 29.5 Å². The predicted molar refractivity (Wildman–Crippen MR) is 61.8 cm³/mol. The molecular formula is C11H22N2. The van der Waals surface area contributed by atoms with Crippen LogP contribution in [0.3, 0.4) is 0 Å². The second-order valence-electron chi connectivity index (χ2n) is 2.70. The molecule has 0 aromatic rings. The smallest absolute Gasteiger partial charge is 0.0472 e. The van der Waals surface area contributed by atoms with Crippen LogP contribution in [0.4, 0.5) is 0 Å². The zero-order valence-electron chi connectivity index (χ0n) is 9.46. The molecule has 0 aliphatic carbocycles. The fourth-order valence-corrected chi connectivity index (χ4v) is 0.890. The molecule has 2 nitrogen and oxygen atoms in total. The molecule has 13 heavy (non-hydrogen) atoms. The minimum absolute atomic E-state index is 0.396. The maximum atomic E-state index is 5.36. The third-order valence-corrected chi connectivity index (χ3v) is 1.43. The van der Waals surface area contributed by atoms with Gasteiger partial charge >= 0.3 is 0 Å². The van der Waals surface area contributed by atoms with Gasteiger partial charge in [-0.15, -0.1) is 0 Å². The average molecular weight is 182 g/mol. The van der Waals surface area contributed by atoms with Crippen LogP contribution < -0.4 is 5.73 Å². The molecule has 0 aliphatic rings. The van der Waals surface area contributed by atoms with Gasteiger partial charge in [-0.3, -0.25) is 4.99 Å². The van der Waals surface area contributed by atoms with E-state index in [1.54, 1.807) is 12.4 Å². The summed E-state index contributed by atoms with van der Waals surface area (Å²) in [5, 5.41) is 0. The fraction of sp³-hybridized carbons (Fsp3) is 0.545. The van der Waals surface area contributed by atoms with Crippen molar-refractivity contribution in [2.75, 3.05) is 0 Å². The number of allylic oxidation sites excluding steroid dienone is 1. The number of nitrogens with zero attached hydrogens (tertiary/aromatic N) is 1. The van der Waals surface area contributed by atoms with Crippen molar-refractivity contribution in [3.8, 4) is 0 Å². The van der Waals surface area contributed by atoms with E-state index in [0.717, 1.165) is 11.3 Å². The molecule has 0 aromatic carbocycles. The molecule has 0 saturated carbocycles. The van der Waals surface area contributed by atoms with Crippen LogP contribution in [0.25, 0.3) is 0 Å². The van der Waals surface area contributed by atoms with E-state index in [2.05, 4.69) is 25.4 Å². The van der Waals surface area contributed by atoms with E-state index in [9.17, 15) is 0 Å². The van der Waals surface area contributed by atoms with Crippen molar-refractivity contribution in [2.24, 2.45) is 16.6 Å². The predicted octanol–water partition coefficient (Wildman–Crippen LogP) is 3.12. The molecule has 0 radical (unpaired) electrons. The van der Waals surface area contributed by atoms with E-state index in [4.69, 9.17) is 5.73 Å². The topological polar surface area (TPSA) is 38.4 Å². The van der Waals surface area contributed by atoms with Gasteiger partial charge in [0.05, 0.1) is 0 Å². The summed E-state index contributed by atoms with van der Waals surface area (Å²) in [5.41, 5.74) is 7.38. The lowest BCUT2D eigenvalue weighted by Crippen LogP contribution is -2.09. The molecule has 0 aromatic heterocycles. The van der Waals surface area contributed by atoms with Crippen LogP contribution in [-0.4, -0.2) is 5.71 Å². The summed E-state index contributed by atoms with van der Waals surface area (Å²) in [5.74, 6) is 0.396. The minimum Gasteiger partial charge on any atom is -0.404 e. The molecule has 76 valence electrons. The summed E-state index contributed by atoms with van der Waals surface area (Å²) < 4.78 is 0. The minimum atomic E-state index is 0.396. The number of rotatable bonds is 3. The lowest BCUT2D eigenvalue weighted by atomic mass is 10.0. The third-order valence-electron chi connectivity index (χ3n) is 1.43. The van der Waals surface area contributed by atoms with Crippen LogP contribution in [-0.2, 0) is 0 Å². The molecule has 0 fully saturated rings. The van der Waals surface area contributed by atoms with Crippen molar-refractivity contribution in [3.63, 3.8) is 0 Å². The second-order valence-corrected chi connectivity index (χ2v) is 2.70. The molecule has 0 rings (SSSR count). The first-order valence-corrected chi connectivity index (χ1v) is 4.71. The molecule has 0 aliphatic heterocycles. The molecule has 0 atom stereocenters. The zero-order chi connectivity index (χ0) is 10.9. The van der Waals surface area contributed by atoms with E-state index in [0.29, 0.717) is 5.92 Å². The molecule has 0 unspecified atom stereocenters. The zero-order valence-corrected chi connectivity index (χ0v) is 9.46. The largest absolute Gasteiger partial charge is 0.404 e. The van der Waals surface area contributed by atoms with Crippen LogP contribution >= 0.6 is 0 Å². The van der Waals surface area contributed by atoms with Gasteiger partial charge in [-0.2, -0.15) is 0 Å². The Balaban J connectivity index is 0. The van der Waals surface area contributed by atoms with Gasteiger partial charge in [0.25, 0.3) is 0 Å². The van der Waals surface area contributed by atoms with E-state index in [1.807, 2.05) is 20.8 Å². The van der Waals surface area contributed by atoms with Gasteiger partial charge in [-0.1, -0.05) is 34.3 Å². The summed E-state index contributed by atoms with van der Waals surface area (Å²) in [4.78, 5) is 4.13. The Kier molecular flexibility index (Phi) is 10.1. The highest BCUT2D eigenvalue weighted by Crippen LogP contribution is 2.06. The quantitative estimate of drug-likeness (QED) is 0.669. The van der Waals surface area contributed by atoms with E-state index in [1.165, 1.54) is 0 Å². The SMILES string of the molecule is C=CN=C(/C(C)=C\N)C(C)C.CC. The summed E-state index contributed by atoms with van der Waals surface area (Å²) in [6.45, 7) is 13.6. The van der Waals surface area contributed by atoms with Gasteiger partial charge < -0.3 is 5.73 Å². The molecule has 0 heterocycles. The average Bonchev–Trinajstić information content (AvgIpc) is 2.15. The lowest BCUT2D eigenvalue weighted by molar-refractivity contribution is 0.881. The molecule has 2 heteroatoms. The van der Waals surface area contributed by atoms with Gasteiger partial charge in [0, 0.05) is 11.9 Å². The second kappa shape index (κ2) is 9.04. The van der Waals surface area contributed by atoms with Crippen LogP contribution in [0.5, 0.6) is 0 Å². The van der Waals surface area contributed by atoms with Crippen molar-refractivity contribution < 1.29 is 0 Å².